The van der Waals surface area contributed by atoms with Gasteiger partial charge in [-0.25, -0.2) is 0 Å². The average Bonchev–Trinajstić information content (AvgIpc) is 2.38. The summed E-state index contributed by atoms with van der Waals surface area (Å²) in [5.74, 6) is 0. The maximum atomic E-state index is 5.48. The molecule has 1 atom stereocenters. The van der Waals surface area contributed by atoms with Gasteiger partial charge in [0.15, 0.2) is 0 Å². The Morgan fingerprint density at radius 3 is 2.59 bits per heavy atom. The molecule has 0 aliphatic carbocycles. The molecule has 0 bridgehead atoms. The van der Waals surface area contributed by atoms with Crippen LogP contribution < -0.4 is 5.32 Å². The van der Waals surface area contributed by atoms with E-state index in [1.807, 2.05) is 6.07 Å². The van der Waals surface area contributed by atoms with E-state index in [2.05, 4.69) is 36.5 Å². The summed E-state index contributed by atoms with van der Waals surface area (Å²) in [6.07, 6.45) is 0.963. The van der Waals surface area contributed by atoms with Crippen LogP contribution in [0.1, 0.15) is 24.9 Å². The Kier molecular flexibility index (Phi) is 7.63. The van der Waals surface area contributed by atoms with Crippen molar-refractivity contribution in [3.63, 3.8) is 0 Å². The van der Waals surface area contributed by atoms with Crippen LogP contribution in [0, 0.1) is 0 Å². The van der Waals surface area contributed by atoms with E-state index in [0.29, 0.717) is 6.04 Å². The first kappa shape index (κ1) is 14.2. The van der Waals surface area contributed by atoms with Crippen molar-refractivity contribution < 1.29 is 9.47 Å². The van der Waals surface area contributed by atoms with E-state index >= 15 is 0 Å². The molecule has 0 amide bonds. The molecule has 0 radical (unpaired) electrons. The lowest BCUT2D eigenvalue weighted by atomic mass is 10.1. The van der Waals surface area contributed by atoms with E-state index in [1.54, 1.807) is 7.11 Å². The molecular weight excluding hydrogens is 214 g/mol. The Morgan fingerprint density at radius 1 is 1.12 bits per heavy atom. The maximum Gasteiger partial charge on any atom is 0.0591 e. The number of ether oxygens (including phenoxy) is 2. The first-order chi connectivity index (χ1) is 8.34. The van der Waals surface area contributed by atoms with E-state index < -0.39 is 0 Å². The van der Waals surface area contributed by atoms with Gasteiger partial charge in [0, 0.05) is 32.9 Å². The van der Waals surface area contributed by atoms with Gasteiger partial charge in [0.2, 0.25) is 0 Å². The molecule has 3 heteroatoms. The summed E-state index contributed by atoms with van der Waals surface area (Å²) in [5, 5.41) is 3.43. The molecule has 0 fully saturated rings. The summed E-state index contributed by atoms with van der Waals surface area (Å²) < 4.78 is 10.4. The number of hydrogen-bond donors (Lipinski definition) is 1. The highest BCUT2D eigenvalue weighted by Crippen LogP contribution is 2.10. The molecule has 0 unspecified atom stereocenters. The van der Waals surface area contributed by atoms with Gasteiger partial charge in [-0.15, -0.1) is 0 Å². The van der Waals surface area contributed by atoms with E-state index in [0.717, 1.165) is 32.8 Å². The first-order valence-corrected chi connectivity index (χ1v) is 6.19. The van der Waals surface area contributed by atoms with Crippen LogP contribution in [0.25, 0.3) is 0 Å². The van der Waals surface area contributed by atoms with Crippen LogP contribution in [0.4, 0.5) is 0 Å². The van der Waals surface area contributed by atoms with Gasteiger partial charge in [0.1, 0.15) is 0 Å². The minimum absolute atomic E-state index is 0.374. The fraction of sp³-hybridized carbons (Fsp3) is 0.571. The largest absolute Gasteiger partial charge is 0.385 e. The summed E-state index contributed by atoms with van der Waals surface area (Å²) in [4.78, 5) is 0. The minimum Gasteiger partial charge on any atom is -0.385 e. The number of hydrogen-bond acceptors (Lipinski definition) is 3. The first-order valence-electron chi connectivity index (χ1n) is 6.19. The molecule has 0 heterocycles. The molecule has 0 saturated heterocycles. The maximum absolute atomic E-state index is 5.48. The Bertz CT molecular complexity index is 277. The predicted octanol–water partition coefficient (Wildman–Crippen LogP) is 2.39. The van der Waals surface area contributed by atoms with Gasteiger partial charge in [-0.05, 0) is 18.9 Å². The Morgan fingerprint density at radius 2 is 1.88 bits per heavy atom. The van der Waals surface area contributed by atoms with Crippen molar-refractivity contribution in [3.8, 4) is 0 Å². The van der Waals surface area contributed by atoms with Crippen molar-refractivity contribution in [2.45, 2.75) is 19.4 Å². The van der Waals surface area contributed by atoms with Crippen LogP contribution in [0.15, 0.2) is 30.3 Å². The van der Waals surface area contributed by atoms with E-state index in [-0.39, 0.29) is 0 Å². The summed E-state index contributed by atoms with van der Waals surface area (Å²) >= 11 is 0. The Hall–Kier alpha value is -0.900. The van der Waals surface area contributed by atoms with Crippen molar-refractivity contribution >= 4 is 0 Å². The molecule has 0 aromatic heterocycles. The average molecular weight is 237 g/mol. The summed E-state index contributed by atoms with van der Waals surface area (Å²) in [5.41, 5.74) is 1.31. The summed E-state index contributed by atoms with van der Waals surface area (Å²) in [6, 6.07) is 10.8. The van der Waals surface area contributed by atoms with Crippen LogP contribution in [-0.4, -0.2) is 33.5 Å². The summed E-state index contributed by atoms with van der Waals surface area (Å²) in [6.45, 7) is 5.34. The highest BCUT2D eigenvalue weighted by Gasteiger charge is 2.02. The van der Waals surface area contributed by atoms with Crippen molar-refractivity contribution in [2.75, 3.05) is 33.5 Å². The van der Waals surface area contributed by atoms with Crippen molar-refractivity contribution in [3.05, 3.63) is 35.9 Å². The van der Waals surface area contributed by atoms with Crippen molar-refractivity contribution in [1.29, 1.82) is 0 Å². The third kappa shape index (κ3) is 6.41. The molecule has 17 heavy (non-hydrogen) atoms. The zero-order valence-electron chi connectivity index (χ0n) is 10.8. The quantitative estimate of drug-likeness (QED) is 0.669. The van der Waals surface area contributed by atoms with E-state index in [4.69, 9.17) is 9.47 Å². The molecule has 1 aromatic carbocycles. The zero-order valence-corrected chi connectivity index (χ0v) is 10.8. The second-order valence-corrected chi connectivity index (χ2v) is 4.05. The number of benzene rings is 1. The predicted molar refractivity (Wildman–Crippen MR) is 70.2 cm³/mol. The van der Waals surface area contributed by atoms with Gasteiger partial charge < -0.3 is 14.8 Å². The molecule has 1 N–H and O–H groups in total. The highest BCUT2D eigenvalue weighted by molar-refractivity contribution is 5.17. The topological polar surface area (TPSA) is 30.5 Å². The fourth-order valence-electron chi connectivity index (χ4n) is 1.61. The smallest absolute Gasteiger partial charge is 0.0591 e. The van der Waals surface area contributed by atoms with Gasteiger partial charge >= 0.3 is 0 Å². The summed E-state index contributed by atoms with van der Waals surface area (Å²) in [7, 11) is 1.71. The molecule has 0 saturated carbocycles. The molecule has 96 valence electrons. The molecule has 3 nitrogen and oxygen atoms in total. The van der Waals surface area contributed by atoms with Crippen molar-refractivity contribution in [1.82, 2.24) is 5.32 Å². The number of rotatable bonds is 9. The Balaban J connectivity index is 2.03. The van der Waals surface area contributed by atoms with Gasteiger partial charge in [-0.2, -0.15) is 0 Å². The second kappa shape index (κ2) is 9.16. The van der Waals surface area contributed by atoms with E-state index in [9.17, 15) is 0 Å². The van der Waals surface area contributed by atoms with Crippen LogP contribution >= 0.6 is 0 Å². The number of nitrogens with one attached hydrogen (secondary N) is 1. The molecular formula is C14H23NO2. The van der Waals surface area contributed by atoms with E-state index in [1.165, 1.54) is 5.56 Å². The van der Waals surface area contributed by atoms with Crippen LogP contribution in [0.2, 0.25) is 0 Å². The third-order valence-corrected chi connectivity index (χ3v) is 2.63. The monoisotopic (exact) mass is 237 g/mol. The normalized spacial score (nSPS) is 12.6. The lowest BCUT2D eigenvalue weighted by Gasteiger charge is -2.14. The standard InChI is InChI=1S/C14H23NO2/c1-13(14-7-4-3-5-8-14)15-9-12-17-11-6-10-16-2/h3-5,7-8,13,15H,6,9-12H2,1-2H3/t13-/m1/s1. The van der Waals surface area contributed by atoms with Crippen LogP contribution in [0.5, 0.6) is 0 Å². The van der Waals surface area contributed by atoms with Crippen molar-refractivity contribution in [2.24, 2.45) is 0 Å². The second-order valence-electron chi connectivity index (χ2n) is 4.05. The molecule has 1 rings (SSSR count). The SMILES string of the molecule is COCCCOCCN[C@H](C)c1ccccc1. The zero-order chi connectivity index (χ0) is 12.3. The van der Waals surface area contributed by atoms with Crippen LogP contribution in [-0.2, 0) is 9.47 Å². The highest BCUT2D eigenvalue weighted by atomic mass is 16.5. The fourth-order valence-corrected chi connectivity index (χ4v) is 1.61. The molecule has 1 aromatic rings. The van der Waals surface area contributed by atoms with Gasteiger partial charge in [-0.3, -0.25) is 0 Å². The van der Waals surface area contributed by atoms with Gasteiger partial charge in [0.05, 0.1) is 6.61 Å². The lowest BCUT2D eigenvalue weighted by molar-refractivity contribution is 0.103. The molecule has 0 aliphatic rings. The third-order valence-electron chi connectivity index (χ3n) is 2.63. The lowest BCUT2D eigenvalue weighted by Crippen LogP contribution is -2.23. The Labute approximate surface area is 104 Å². The number of methoxy groups -OCH3 is 1. The minimum atomic E-state index is 0.374. The molecule has 0 spiro atoms. The van der Waals surface area contributed by atoms with Gasteiger partial charge in [0.25, 0.3) is 0 Å². The molecule has 0 aliphatic heterocycles. The van der Waals surface area contributed by atoms with Gasteiger partial charge in [-0.1, -0.05) is 30.3 Å². The van der Waals surface area contributed by atoms with Crippen LogP contribution in [0.3, 0.4) is 0 Å².